The van der Waals surface area contributed by atoms with Gasteiger partial charge in [-0.1, -0.05) is 25.5 Å². The third-order valence-electron chi connectivity index (χ3n) is 3.60. The van der Waals surface area contributed by atoms with Crippen molar-refractivity contribution in [2.75, 3.05) is 6.61 Å². The summed E-state index contributed by atoms with van der Waals surface area (Å²) in [4.78, 5) is 11.5. The van der Waals surface area contributed by atoms with Crippen LogP contribution in [0.1, 0.15) is 56.9 Å². The molecule has 0 heterocycles. The summed E-state index contributed by atoms with van der Waals surface area (Å²) in [5.41, 5.74) is 1.28. The largest absolute Gasteiger partial charge is 0.494 e. The Morgan fingerprint density at radius 3 is 2.72 bits per heavy atom. The fourth-order valence-electron chi connectivity index (χ4n) is 2.48. The maximum absolute atomic E-state index is 11.5. The Bertz CT molecular complexity index is 381. The summed E-state index contributed by atoms with van der Waals surface area (Å²) in [7, 11) is 0. The standard InChI is InChI=1S/C16H22O2/c1-2-3-11-18-16-9-7-13(8-10-16)14-5-4-6-15(17)12-14/h7-10,14H,2-6,11-12H2,1H3. The number of unbranched alkanes of at least 4 members (excludes halogenated alkanes) is 1. The first-order valence-corrected chi connectivity index (χ1v) is 7.04. The Morgan fingerprint density at radius 2 is 2.06 bits per heavy atom. The zero-order valence-electron chi connectivity index (χ0n) is 11.2. The van der Waals surface area contributed by atoms with Crippen LogP contribution in [0, 0.1) is 0 Å². The van der Waals surface area contributed by atoms with Crippen LogP contribution < -0.4 is 4.74 Å². The third-order valence-corrected chi connectivity index (χ3v) is 3.60. The van der Waals surface area contributed by atoms with Crippen LogP contribution in [-0.2, 0) is 4.79 Å². The van der Waals surface area contributed by atoms with Crippen LogP contribution >= 0.6 is 0 Å². The molecule has 0 radical (unpaired) electrons. The fourth-order valence-corrected chi connectivity index (χ4v) is 2.48. The van der Waals surface area contributed by atoms with Gasteiger partial charge in [0, 0.05) is 12.8 Å². The van der Waals surface area contributed by atoms with Gasteiger partial charge >= 0.3 is 0 Å². The van der Waals surface area contributed by atoms with Gasteiger partial charge in [-0.3, -0.25) is 4.79 Å². The minimum Gasteiger partial charge on any atom is -0.494 e. The number of Topliss-reactive ketones (excluding diaryl/α,β-unsaturated/α-hetero) is 1. The lowest BCUT2D eigenvalue weighted by atomic mass is 9.83. The number of ether oxygens (including phenoxy) is 1. The van der Waals surface area contributed by atoms with Gasteiger partial charge in [0.25, 0.3) is 0 Å². The van der Waals surface area contributed by atoms with Crippen molar-refractivity contribution in [2.45, 2.75) is 51.4 Å². The monoisotopic (exact) mass is 246 g/mol. The van der Waals surface area contributed by atoms with Crippen LogP contribution in [0.25, 0.3) is 0 Å². The van der Waals surface area contributed by atoms with Gasteiger partial charge in [-0.05, 0) is 42.9 Å². The smallest absolute Gasteiger partial charge is 0.133 e. The van der Waals surface area contributed by atoms with Gasteiger partial charge in [0.15, 0.2) is 0 Å². The first-order chi connectivity index (χ1) is 8.79. The number of ketones is 1. The second-order valence-corrected chi connectivity index (χ2v) is 5.10. The maximum atomic E-state index is 11.5. The van der Waals surface area contributed by atoms with E-state index >= 15 is 0 Å². The van der Waals surface area contributed by atoms with Crippen molar-refractivity contribution in [3.63, 3.8) is 0 Å². The number of hydrogen-bond acceptors (Lipinski definition) is 2. The van der Waals surface area contributed by atoms with E-state index in [1.165, 1.54) is 5.56 Å². The van der Waals surface area contributed by atoms with Crippen molar-refractivity contribution in [1.82, 2.24) is 0 Å². The maximum Gasteiger partial charge on any atom is 0.133 e. The van der Waals surface area contributed by atoms with E-state index in [-0.39, 0.29) is 0 Å². The number of rotatable bonds is 5. The quantitative estimate of drug-likeness (QED) is 0.731. The number of benzene rings is 1. The van der Waals surface area contributed by atoms with E-state index < -0.39 is 0 Å². The molecule has 1 unspecified atom stereocenters. The van der Waals surface area contributed by atoms with E-state index in [4.69, 9.17) is 4.74 Å². The highest BCUT2D eigenvalue weighted by atomic mass is 16.5. The average Bonchev–Trinajstić information content (AvgIpc) is 2.40. The van der Waals surface area contributed by atoms with Crippen LogP contribution in [-0.4, -0.2) is 12.4 Å². The number of hydrogen-bond donors (Lipinski definition) is 0. The number of carbonyl (C=O) groups is 1. The van der Waals surface area contributed by atoms with Crippen LogP contribution in [0.4, 0.5) is 0 Å². The minimum atomic E-state index is 0.412. The minimum absolute atomic E-state index is 0.412. The highest BCUT2D eigenvalue weighted by Gasteiger charge is 2.20. The van der Waals surface area contributed by atoms with Gasteiger partial charge in [-0.2, -0.15) is 0 Å². The van der Waals surface area contributed by atoms with E-state index in [0.717, 1.165) is 50.9 Å². The SMILES string of the molecule is CCCCOc1ccc(C2CCCC(=O)C2)cc1. The van der Waals surface area contributed by atoms with Crippen molar-refractivity contribution < 1.29 is 9.53 Å². The highest BCUT2D eigenvalue weighted by molar-refractivity contribution is 5.80. The molecule has 0 saturated heterocycles. The fraction of sp³-hybridized carbons (Fsp3) is 0.562. The molecule has 0 amide bonds. The molecule has 18 heavy (non-hydrogen) atoms. The van der Waals surface area contributed by atoms with E-state index in [1.807, 2.05) is 12.1 Å². The summed E-state index contributed by atoms with van der Waals surface area (Å²) in [5, 5.41) is 0. The molecular weight excluding hydrogens is 224 g/mol. The Balaban J connectivity index is 1.92. The molecule has 0 aromatic heterocycles. The van der Waals surface area contributed by atoms with Gasteiger partial charge in [-0.15, -0.1) is 0 Å². The first-order valence-electron chi connectivity index (χ1n) is 7.04. The molecule has 98 valence electrons. The van der Waals surface area contributed by atoms with Crippen molar-refractivity contribution >= 4 is 5.78 Å². The normalized spacial score (nSPS) is 19.8. The first kappa shape index (κ1) is 13.1. The predicted octanol–water partition coefficient (Wildman–Crippen LogP) is 4.09. The molecule has 2 rings (SSSR count). The molecule has 1 aliphatic carbocycles. The van der Waals surface area contributed by atoms with E-state index in [2.05, 4.69) is 19.1 Å². The molecule has 0 N–H and O–H groups in total. The lowest BCUT2D eigenvalue weighted by molar-refractivity contribution is -0.120. The molecule has 1 aromatic rings. The molecule has 1 aliphatic rings. The second-order valence-electron chi connectivity index (χ2n) is 5.10. The Kier molecular flexibility index (Phi) is 4.80. The number of carbonyl (C=O) groups excluding carboxylic acids is 1. The van der Waals surface area contributed by atoms with E-state index in [1.54, 1.807) is 0 Å². The molecule has 0 bridgehead atoms. The van der Waals surface area contributed by atoms with E-state index in [9.17, 15) is 4.79 Å². The molecular formula is C16H22O2. The van der Waals surface area contributed by atoms with Gasteiger partial charge in [0.05, 0.1) is 6.61 Å². The topological polar surface area (TPSA) is 26.3 Å². The third kappa shape index (κ3) is 3.59. The van der Waals surface area contributed by atoms with E-state index in [0.29, 0.717) is 11.7 Å². The van der Waals surface area contributed by atoms with Crippen LogP contribution in [0.3, 0.4) is 0 Å². The van der Waals surface area contributed by atoms with Crippen molar-refractivity contribution in [3.8, 4) is 5.75 Å². The van der Waals surface area contributed by atoms with Crippen molar-refractivity contribution in [3.05, 3.63) is 29.8 Å². The molecule has 2 heteroatoms. The highest BCUT2D eigenvalue weighted by Crippen LogP contribution is 2.31. The summed E-state index contributed by atoms with van der Waals surface area (Å²) in [6, 6.07) is 8.29. The zero-order valence-corrected chi connectivity index (χ0v) is 11.2. The van der Waals surface area contributed by atoms with Gasteiger partial charge in [0.1, 0.15) is 11.5 Å². The summed E-state index contributed by atoms with van der Waals surface area (Å²) in [6.07, 6.45) is 5.92. The summed E-state index contributed by atoms with van der Waals surface area (Å²) in [5.74, 6) is 1.78. The molecule has 0 spiro atoms. The second kappa shape index (κ2) is 6.58. The van der Waals surface area contributed by atoms with Crippen molar-refractivity contribution in [2.24, 2.45) is 0 Å². The Labute approximate surface area is 109 Å². The molecule has 1 fully saturated rings. The summed E-state index contributed by atoms with van der Waals surface area (Å²) >= 11 is 0. The van der Waals surface area contributed by atoms with Gasteiger partial charge < -0.3 is 4.74 Å². The lowest BCUT2D eigenvalue weighted by Gasteiger charge is -2.21. The Hall–Kier alpha value is -1.31. The molecule has 1 saturated carbocycles. The molecule has 2 nitrogen and oxygen atoms in total. The Morgan fingerprint density at radius 1 is 1.28 bits per heavy atom. The van der Waals surface area contributed by atoms with Crippen molar-refractivity contribution in [1.29, 1.82) is 0 Å². The van der Waals surface area contributed by atoms with Crippen LogP contribution in [0.15, 0.2) is 24.3 Å². The zero-order chi connectivity index (χ0) is 12.8. The molecule has 0 aliphatic heterocycles. The predicted molar refractivity (Wildman–Crippen MR) is 73.1 cm³/mol. The average molecular weight is 246 g/mol. The molecule has 1 aromatic carbocycles. The van der Waals surface area contributed by atoms with Crippen LogP contribution in [0.2, 0.25) is 0 Å². The lowest BCUT2D eigenvalue weighted by Crippen LogP contribution is -2.13. The van der Waals surface area contributed by atoms with Crippen LogP contribution in [0.5, 0.6) is 5.75 Å². The molecule has 1 atom stereocenters. The van der Waals surface area contributed by atoms with Gasteiger partial charge in [-0.25, -0.2) is 0 Å². The summed E-state index contributed by atoms with van der Waals surface area (Å²) < 4.78 is 5.64. The van der Waals surface area contributed by atoms with Gasteiger partial charge in [0.2, 0.25) is 0 Å². The summed E-state index contributed by atoms with van der Waals surface area (Å²) in [6.45, 7) is 2.95.